The first kappa shape index (κ1) is 16.7. The Balaban J connectivity index is 1.72. The molecule has 3 N–H and O–H groups in total. The molecule has 24 heavy (non-hydrogen) atoms. The van der Waals surface area contributed by atoms with Gasteiger partial charge >= 0.3 is 6.03 Å². The van der Waals surface area contributed by atoms with Gasteiger partial charge in [0.1, 0.15) is 6.04 Å². The van der Waals surface area contributed by atoms with Gasteiger partial charge < -0.3 is 16.0 Å². The molecule has 7 heteroatoms. The zero-order chi connectivity index (χ0) is 17.3. The number of nitrogens with zero attached hydrogens (tertiary/aromatic N) is 1. The Morgan fingerprint density at radius 1 is 1.29 bits per heavy atom. The first-order chi connectivity index (χ1) is 11.4. The largest absolute Gasteiger partial charge is 0.369 e. The maximum atomic E-state index is 13.4. The Labute approximate surface area is 139 Å². The number of carbonyl (C=O) groups is 2. The highest BCUT2D eigenvalue weighted by Gasteiger charge is 2.54. The van der Waals surface area contributed by atoms with Crippen LogP contribution in [0.1, 0.15) is 30.9 Å². The van der Waals surface area contributed by atoms with E-state index < -0.39 is 29.8 Å². The minimum Gasteiger partial charge on any atom is -0.369 e. The highest BCUT2D eigenvalue weighted by molar-refractivity contribution is 5.84. The smallest absolute Gasteiger partial charge is 0.318 e. The molecule has 1 aliphatic heterocycles. The summed E-state index contributed by atoms with van der Waals surface area (Å²) < 4.78 is 26.7. The molecule has 130 valence electrons. The molecule has 0 spiro atoms. The molecule has 0 aromatic heterocycles. The monoisotopic (exact) mass is 337 g/mol. The van der Waals surface area contributed by atoms with Crippen molar-refractivity contribution in [3.8, 4) is 0 Å². The van der Waals surface area contributed by atoms with Gasteiger partial charge in [0.2, 0.25) is 5.91 Å². The molecular formula is C17H21F2N3O2. The Morgan fingerprint density at radius 2 is 2.00 bits per heavy atom. The van der Waals surface area contributed by atoms with Crippen LogP contribution < -0.4 is 11.1 Å². The lowest BCUT2D eigenvalue weighted by Gasteiger charge is -2.26. The third kappa shape index (κ3) is 2.83. The van der Waals surface area contributed by atoms with E-state index in [1.807, 2.05) is 0 Å². The summed E-state index contributed by atoms with van der Waals surface area (Å²) in [4.78, 5) is 25.8. The average molecular weight is 337 g/mol. The van der Waals surface area contributed by atoms with Crippen molar-refractivity contribution >= 4 is 11.9 Å². The standard InChI is InChI=1S/C17H21F2N3O2/c18-14(19)13(11-5-2-1-3-6-11)21-16(24)22-9-12-7-4-8-17(12,10-22)15(20)23/h1-3,5-6,12-14H,4,7-10H2,(H2,20,23)(H,21,24)/t12-,13?,17-/m0/s1. The number of carbonyl (C=O) groups excluding carboxylic acids is 2. The minimum atomic E-state index is -2.72. The highest BCUT2D eigenvalue weighted by Crippen LogP contribution is 2.48. The van der Waals surface area contributed by atoms with Gasteiger partial charge in [0, 0.05) is 13.1 Å². The maximum absolute atomic E-state index is 13.4. The number of nitrogens with one attached hydrogen (secondary N) is 1. The van der Waals surface area contributed by atoms with Crippen LogP contribution in [-0.4, -0.2) is 36.4 Å². The van der Waals surface area contributed by atoms with Crippen LogP contribution in [0.25, 0.3) is 0 Å². The molecule has 5 nitrogen and oxygen atoms in total. The molecule has 1 saturated heterocycles. The van der Waals surface area contributed by atoms with Gasteiger partial charge in [-0.3, -0.25) is 4.79 Å². The quantitative estimate of drug-likeness (QED) is 0.884. The van der Waals surface area contributed by atoms with E-state index >= 15 is 0 Å². The topological polar surface area (TPSA) is 75.4 Å². The van der Waals surface area contributed by atoms with Gasteiger partial charge in [0.05, 0.1) is 5.41 Å². The van der Waals surface area contributed by atoms with Crippen molar-refractivity contribution in [2.24, 2.45) is 17.1 Å². The van der Waals surface area contributed by atoms with Crippen LogP contribution in [0.15, 0.2) is 30.3 Å². The molecule has 3 rings (SSSR count). The van der Waals surface area contributed by atoms with E-state index in [4.69, 9.17) is 5.73 Å². The van der Waals surface area contributed by atoms with Crippen LogP contribution >= 0.6 is 0 Å². The molecule has 1 saturated carbocycles. The van der Waals surface area contributed by atoms with Gasteiger partial charge in [-0.05, 0) is 24.3 Å². The molecule has 3 amide bonds. The van der Waals surface area contributed by atoms with Crippen molar-refractivity contribution in [2.75, 3.05) is 13.1 Å². The number of hydrogen-bond acceptors (Lipinski definition) is 2. The van der Waals surface area contributed by atoms with E-state index in [0.717, 1.165) is 12.8 Å². The van der Waals surface area contributed by atoms with Crippen LogP contribution in [0.2, 0.25) is 0 Å². The van der Waals surface area contributed by atoms with E-state index in [1.54, 1.807) is 30.3 Å². The van der Waals surface area contributed by atoms with Crippen molar-refractivity contribution in [1.29, 1.82) is 0 Å². The summed E-state index contributed by atoms with van der Waals surface area (Å²) in [5.41, 5.74) is 5.22. The lowest BCUT2D eigenvalue weighted by molar-refractivity contribution is -0.128. The summed E-state index contributed by atoms with van der Waals surface area (Å²) in [7, 11) is 0. The lowest BCUT2D eigenvalue weighted by Crippen LogP contribution is -2.45. The third-order valence-electron chi connectivity index (χ3n) is 5.34. The first-order valence-electron chi connectivity index (χ1n) is 8.12. The van der Waals surface area contributed by atoms with Gasteiger partial charge in [0.25, 0.3) is 6.43 Å². The lowest BCUT2D eigenvalue weighted by atomic mass is 9.80. The SMILES string of the molecule is NC(=O)[C@]12CCC[C@H]1CN(C(=O)NC(c1ccccc1)C(F)F)C2. The van der Waals surface area contributed by atoms with Gasteiger partial charge in [-0.1, -0.05) is 36.8 Å². The van der Waals surface area contributed by atoms with Crippen molar-refractivity contribution in [3.63, 3.8) is 0 Å². The van der Waals surface area contributed by atoms with E-state index in [1.165, 1.54) is 4.90 Å². The number of primary amides is 1. The molecule has 0 bridgehead atoms. The molecule has 1 heterocycles. The van der Waals surface area contributed by atoms with Crippen molar-refractivity contribution in [2.45, 2.75) is 31.7 Å². The van der Waals surface area contributed by atoms with Crippen LogP contribution in [0.3, 0.4) is 0 Å². The summed E-state index contributed by atoms with van der Waals surface area (Å²) in [6.07, 6.45) is -0.312. The van der Waals surface area contributed by atoms with Gasteiger partial charge in [-0.15, -0.1) is 0 Å². The third-order valence-corrected chi connectivity index (χ3v) is 5.34. The molecule has 1 unspecified atom stereocenters. The van der Waals surface area contributed by atoms with E-state index in [-0.39, 0.29) is 12.5 Å². The fourth-order valence-electron chi connectivity index (χ4n) is 4.02. The summed E-state index contributed by atoms with van der Waals surface area (Å²) in [6, 6.07) is 6.20. The van der Waals surface area contributed by atoms with Crippen LogP contribution in [0.4, 0.5) is 13.6 Å². The normalized spacial score (nSPS) is 27.1. The minimum absolute atomic E-state index is 0.0301. The first-order valence-corrected chi connectivity index (χ1v) is 8.12. The molecule has 0 radical (unpaired) electrons. The molecule has 3 atom stereocenters. The fourth-order valence-corrected chi connectivity index (χ4v) is 4.02. The Bertz CT molecular complexity index is 626. The molecule has 1 aromatic rings. The van der Waals surface area contributed by atoms with Gasteiger partial charge in [-0.2, -0.15) is 0 Å². The second-order valence-electron chi connectivity index (χ2n) is 6.66. The van der Waals surface area contributed by atoms with E-state index in [9.17, 15) is 18.4 Å². The van der Waals surface area contributed by atoms with Crippen molar-refractivity contribution in [3.05, 3.63) is 35.9 Å². The Kier molecular flexibility index (Phi) is 4.43. The Morgan fingerprint density at radius 3 is 2.58 bits per heavy atom. The van der Waals surface area contributed by atoms with Crippen LogP contribution in [-0.2, 0) is 4.79 Å². The van der Waals surface area contributed by atoms with Crippen LogP contribution in [0.5, 0.6) is 0 Å². The number of benzene rings is 1. The molecular weight excluding hydrogens is 316 g/mol. The molecule has 1 aliphatic carbocycles. The van der Waals surface area contributed by atoms with Gasteiger partial charge in [0.15, 0.2) is 0 Å². The number of halogens is 2. The number of amides is 3. The predicted octanol–water partition coefficient (Wildman–Crippen LogP) is 2.29. The molecule has 2 aliphatic rings. The van der Waals surface area contributed by atoms with Crippen LogP contribution in [0, 0.1) is 11.3 Å². The summed E-state index contributed by atoms with van der Waals surface area (Å²) in [6.45, 7) is 0.600. The number of nitrogens with two attached hydrogens (primary N) is 1. The number of likely N-dealkylation sites (tertiary alicyclic amines) is 1. The highest BCUT2D eigenvalue weighted by atomic mass is 19.3. The van der Waals surface area contributed by atoms with Crippen molar-refractivity contribution < 1.29 is 18.4 Å². The molecule has 2 fully saturated rings. The predicted molar refractivity (Wildman–Crippen MR) is 84.3 cm³/mol. The van der Waals surface area contributed by atoms with Crippen molar-refractivity contribution in [1.82, 2.24) is 10.2 Å². The number of urea groups is 1. The fraction of sp³-hybridized carbons (Fsp3) is 0.529. The zero-order valence-corrected chi connectivity index (χ0v) is 13.3. The summed E-state index contributed by atoms with van der Waals surface area (Å²) in [5.74, 6) is -0.365. The Hall–Kier alpha value is -2.18. The zero-order valence-electron chi connectivity index (χ0n) is 13.3. The number of hydrogen-bond donors (Lipinski definition) is 2. The maximum Gasteiger partial charge on any atom is 0.318 e. The number of fused-ring (bicyclic) bond motifs is 1. The second-order valence-corrected chi connectivity index (χ2v) is 6.66. The summed E-state index contributed by atoms with van der Waals surface area (Å²) in [5, 5.41) is 2.40. The molecule has 1 aromatic carbocycles. The number of rotatable bonds is 4. The average Bonchev–Trinajstić information content (AvgIpc) is 3.11. The number of alkyl halides is 2. The van der Waals surface area contributed by atoms with Gasteiger partial charge in [-0.25, -0.2) is 13.6 Å². The summed E-state index contributed by atoms with van der Waals surface area (Å²) >= 11 is 0. The van der Waals surface area contributed by atoms with E-state index in [0.29, 0.717) is 18.5 Å². The van der Waals surface area contributed by atoms with E-state index in [2.05, 4.69) is 5.32 Å². The second kappa shape index (κ2) is 6.37.